The quantitative estimate of drug-likeness (QED) is 0.725. The Hall–Kier alpha value is -1.16. The first-order valence-electron chi connectivity index (χ1n) is 3.35. The summed E-state index contributed by atoms with van der Waals surface area (Å²) in [5.74, 6) is 0.266. The summed E-state index contributed by atoms with van der Waals surface area (Å²) in [7, 11) is 0. The molecule has 0 heterocycles. The largest absolute Gasteiger partial charge is 0.487 e. The highest BCUT2D eigenvalue weighted by atomic mass is 32.1. The van der Waals surface area contributed by atoms with Gasteiger partial charge in [-0.25, -0.2) is 4.39 Å². The van der Waals surface area contributed by atoms with Gasteiger partial charge in [-0.2, -0.15) is 0 Å². The third-order valence-corrected chi connectivity index (χ3v) is 1.31. The maximum Gasteiger partial charge on any atom is 0.138 e. The minimum atomic E-state index is -0.294. The molecule has 0 spiro atoms. The van der Waals surface area contributed by atoms with Gasteiger partial charge in [0.15, 0.2) is 0 Å². The lowest BCUT2D eigenvalue weighted by atomic mass is 10.3. The summed E-state index contributed by atoms with van der Waals surface area (Å²) in [6, 6.07) is 5.67. The molecule has 0 bridgehead atoms. The van der Waals surface area contributed by atoms with Crippen LogP contribution in [0.15, 0.2) is 24.3 Å². The molecule has 0 aliphatic rings. The monoisotopic (exact) mass is 185 g/mol. The number of benzene rings is 1. The lowest BCUT2D eigenvalue weighted by Gasteiger charge is -2.03. The molecule has 1 aromatic carbocycles. The number of rotatable bonds is 3. The molecule has 2 nitrogen and oxygen atoms in total. The number of ether oxygens (including phenoxy) is 1. The average Bonchev–Trinajstić information content (AvgIpc) is 2.03. The smallest absolute Gasteiger partial charge is 0.138 e. The van der Waals surface area contributed by atoms with Crippen molar-refractivity contribution in [3.05, 3.63) is 30.1 Å². The molecule has 0 saturated heterocycles. The zero-order chi connectivity index (χ0) is 8.97. The second-order valence-electron chi connectivity index (χ2n) is 2.21. The molecule has 0 amide bonds. The first-order valence-corrected chi connectivity index (χ1v) is 3.76. The maximum atomic E-state index is 12.4. The van der Waals surface area contributed by atoms with E-state index in [-0.39, 0.29) is 17.4 Å². The fraction of sp³-hybridized carbons (Fsp3) is 0.125. The third-order valence-electron chi connectivity index (χ3n) is 1.19. The first-order chi connectivity index (χ1) is 5.68. The lowest BCUT2D eigenvalue weighted by molar-refractivity contribution is 0.377. The van der Waals surface area contributed by atoms with E-state index in [4.69, 9.17) is 10.5 Å². The van der Waals surface area contributed by atoms with Crippen molar-refractivity contribution in [1.29, 1.82) is 0 Å². The lowest BCUT2D eigenvalue weighted by Crippen LogP contribution is -2.17. The summed E-state index contributed by atoms with van der Waals surface area (Å²) in [5.41, 5.74) is 5.20. The van der Waals surface area contributed by atoms with Crippen LogP contribution < -0.4 is 10.5 Å². The molecule has 0 aliphatic heterocycles. The summed E-state index contributed by atoms with van der Waals surface area (Å²) < 4.78 is 17.5. The molecule has 0 aliphatic carbocycles. The zero-order valence-corrected chi connectivity index (χ0v) is 7.10. The van der Waals surface area contributed by atoms with Gasteiger partial charge in [0.05, 0.1) is 0 Å². The van der Waals surface area contributed by atoms with Gasteiger partial charge in [-0.05, 0) is 24.3 Å². The number of halogens is 1. The highest BCUT2D eigenvalue weighted by Gasteiger charge is 1.94. The Morgan fingerprint density at radius 3 is 2.50 bits per heavy atom. The Labute approximate surface area is 75.1 Å². The number of hydrogen-bond donors (Lipinski definition) is 1. The summed E-state index contributed by atoms with van der Waals surface area (Å²) >= 11 is 4.60. The van der Waals surface area contributed by atoms with E-state index in [1.807, 2.05) is 0 Å². The van der Waals surface area contributed by atoms with Crippen LogP contribution in [-0.4, -0.2) is 11.6 Å². The second kappa shape index (κ2) is 4.01. The van der Waals surface area contributed by atoms with Crippen molar-refractivity contribution in [3.8, 4) is 5.75 Å². The highest BCUT2D eigenvalue weighted by molar-refractivity contribution is 7.80. The zero-order valence-electron chi connectivity index (χ0n) is 6.29. The van der Waals surface area contributed by atoms with Gasteiger partial charge in [0.1, 0.15) is 23.2 Å². The van der Waals surface area contributed by atoms with Crippen LogP contribution in [0.3, 0.4) is 0 Å². The topological polar surface area (TPSA) is 35.2 Å². The Morgan fingerprint density at radius 2 is 2.00 bits per heavy atom. The minimum Gasteiger partial charge on any atom is -0.487 e. The van der Waals surface area contributed by atoms with E-state index in [1.165, 1.54) is 24.3 Å². The molecular weight excluding hydrogens is 177 g/mol. The van der Waals surface area contributed by atoms with Crippen LogP contribution in [0.2, 0.25) is 0 Å². The van der Waals surface area contributed by atoms with E-state index >= 15 is 0 Å². The van der Waals surface area contributed by atoms with Gasteiger partial charge in [-0.15, -0.1) is 0 Å². The normalized spacial score (nSPS) is 9.42. The highest BCUT2D eigenvalue weighted by Crippen LogP contribution is 2.10. The van der Waals surface area contributed by atoms with Crippen LogP contribution in [0.5, 0.6) is 5.75 Å². The molecule has 0 saturated carbocycles. The summed E-state index contributed by atoms with van der Waals surface area (Å²) in [6.45, 7) is 0.182. The van der Waals surface area contributed by atoms with Crippen molar-refractivity contribution in [1.82, 2.24) is 0 Å². The molecule has 64 valence electrons. The molecule has 0 radical (unpaired) electrons. The van der Waals surface area contributed by atoms with Gasteiger partial charge in [-0.3, -0.25) is 0 Å². The van der Waals surface area contributed by atoms with E-state index < -0.39 is 0 Å². The predicted molar refractivity (Wildman–Crippen MR) is 48.7 cm³/mol. The molecule has 0 atom stereocenters. The van der Waals surface area contributed by atoms with E-state index in [9.17, 15) is 4.39 Å². The Balaban J connectivity index is 2.53. The predicted octanol–water partition coefficient (Wildman–Crippen LogP) is 1.49. The van der Waals surface area contributed by atoms with Gasteiger partial charge in [0, 0.05) is 0 Å². The van der Waals surface area contributed by atoms with Crippen LogP contribution in [0.1, 0.15) is 0 Å². The molecule has 0 unspecified atom stereocenters. The van der Waals surface area contributed by atoms with Crippen LogP contribution in [0.25, 0.3) is 0 Å². The molecule has 0 aromatic heterocycles. The summed E-state index contributed by atoms with van der Waals surface area (Å²) in [5, 5.41) is 0. The number of nitrogens with two attached hydrogens (primary N) is 1. The summed E-state index contributed by atoms with van der Waals surface area (Å²) in [6.07, 6.45) is 0. The fourth-order valence-corrected chi connectivity index (χ4v) is 0.744. The van der Waals surface area contributed by atoms with Crippen molar-refractivity contribution in [2.75, 3.05) is 6.61 Å². The molecule has 1 rings (SSSR count). The van der Waals surface area contributed by atoms with Crippen molar-refractivity contribution in [2.45, 2.75) is 0 Å². The van der Waals surface area contributed by atoms with Crippen LogP contribution in [-0.2, 0) is 0 Å². The van der Waals surface area contributed by atoms with Crippen molar-refractivity contribution >= 4 is 17.2 Å². The number of thiocarbonyl (C=S) groups is 1. The SMILES string of the molecule is NC(=S)COc1ccc(F)cc1. The van der Waals surface area contributed by atoms with Crippen LogP contribution in [0, 0.1) is 5.82 Å². The Bertz CT molecular complexity index is 273. The van der Waals surface area contributed by atoms with E-state index in [2.05, 4.69) is 12.2 Å². The van der Waals surface area contributed by atoms with Crippen molar-refractivity contribution in [2.24, 2.45) is 5.73 Å². The second-order valence-corrected chi connectivity index (χ2v) is 2.73. The van der Waals surface area contributed by atoms with Crippen LogP contribution in [0.4, 0.5) is 4.39 Å². The maximum absolute atomic E-state index is 12.4. The molecule has 2 N–H and O–H groups in total. The summed E-state index contributed by atoms with van der Waals surface area (Å²) in [4.78, 5) is 0.277. The van der Waals surface area contributed by atoms with Gasteiger partial charge >= 0.3 is 0 Å². The van der Waals surface area contributed by atoms with E-state index in [0.717, 1.165) is 0 Å². The van der Waals surface area contributed by atoms with Gasteiger partial charge in [0.2, 0.25) is 0 Å². The fourth-order valence-electron chi connectivity index (χ4n) is 0.685. The molecule has 4 heteroatoms. The molecular formula is C8H8FNOS. The van der Waals surface area contributed by atoms with Crippen molar-refractivity contribution in [3.63, 3.8) is 0 Å². The van der Waals surface area contributed by atoms with Crippen molar-refractivity contribution < 1.29 is 9.13 Å². The van der Waals surface area contributed by atoms with Gasteiger partial charge in [0.25, 0.3) is 0 Å². The van der Waals surface area contributed by atoms with E-state index in [1.54, 1.807) is 0 Å². The van der Waals surface area contributed by atoms with E-state index in [0.29, 0.717) is 5.75 Å². The average molecular weight is 185 g/mol. The molecule has 1 aromatic rings. The third kappa shape index (κ3) is 2.84. The molecule has 12 heavy (non-hydrogen) atoms. The minimum absolute atomic E-state index is 0.182. The van der Waals surface area contributed by atoms with Crippen LogP contribution >= 0.6 is 12.2 Å². The van der Waals surface area contributed by atoms with Gasteiger partial charge in [-0.1, -0.05) is 12.2 Å². The Kier molecular flexibility index (Phi) is 2.99. The molecule has 0 fully saturated rings. The standard InChI is InChI=1S/C8H8FNOS/c9-6-1-3-7(4-2-6)11-5-8(10)12/h1-4H,5H2,(H2,10,12). The Morgan fingerprint density at radius 1 is 1.42 bits per heavy atom. The first kappa shape index (κ1) is 8.93. The number of hydrogen-bond acceptors (Lipinski definition) is 2. The van der Waals surface area contributed by atoms with Gasteiger partial charge < -0.3 is 10.5 Å².